The smallest absolute Gasteiger partial charge is 0.180 e. The van der Waals surface area contributed by atoms with Crippen molar-refractivity contribution in [3.8, 4) is 11.5 Å². The Morgan fingerprint density at radius 2 is 1.05 bits per heavy atom. The summed E-state index contributed by atoms with van der Waals surface area (Å²) in [5.74, 6) is 0.444. The van der Waals surface area contributed by atoms with E-state index in [-0.39, 0.29) is 11.5 Å². The second-order valence-corrected chi connectivity index (χ2v) is 4.80. The van der Waals surface area contributed by atoms with Gasteiger partial charge >= 0.3 is 0 Å². The van der Waals surface area contributed by atoms with Crippen molar-refractivity contribution in [2.45, 2.75) is 0 Å². The van der Waals surface area contributed by atoms with Crippen molar-refractivity contribution in [1.29, 1.82) is 0 Å². The van der Waals surface area contributed by atoms with Gasteiger partial charge < -0.3 is 20.0 Å². The van der Waals surface area contributed by atoms with Crippen LogP contribution in [0.3, 0.4) is 0 Å². The number of hydrogen-bond acceptors (Lipinski definition) is 3. The van der Waals surface area contributed by atoms with Gasteiger partial charge in [0.2, 0.25) is 0 Å². The van der Waals surface area contributed by atoms with Gasteiger partial charge in [-0.15, -0.1) is 0 Å². The zero-order valence-electron chi connectivity index (χ0n) is 11.3. The number of hydrogen-bond donors (Lipinski definition) is 2. The molecule has 0 aliphatic carbocycles. The van der Waals surface area contributed by atoms with E-state index in [0.717, 1.165) is 11.4 Å². The van der Waals surface area contributed by atoms with Gasteiger partial charge in [0.15, 0.2) is 5.11 Å². The molecule has 0 unspecified atom stereocenters. The van der Waals surface area contributed by atoms with E-state index >= 15 is 0 Å². The van der Waals surface area contributed by atoms with Gasteiger partial charge in [-0.1, -0.05) is 0 Å². The summed E-state index contributed by atoms with van der Waals surface area (Å²) >= 11 is 5.46. The molecule has 20 heavy (non-hydrogen) atoms. The number of nitrogens with zero attached hydrogens (tertiary/aromatic N) is 2. The van der Waals surface area contributed by atoms with E-state index in [1.807, 2.05) is 23.9 Å². The van der Waals surface area contributed by atoms with Crippen LogP contribution in [0.1, 0.15) is 0 Å². The van der Waals surface area contributed by atoms with Gasteiger partial charge in [-0.05, 0) is 60.7 Å². The number of phenolic OH excluding ortho intramolecular Hbond substituents is 2. The third-order valence-electron chi connectivity index (χ3n) is 3.05. The molecule has 0 radical (unpaired) electrons. The fourth-order valence-electron chi connectivity index (χ4n) is 1.80. The molecule has 0 aromatic heterocycles. The van der Waals surface area contributed by atoms with E-state index in [0.29, 0.717) is 5.11 Å². The first-order chi connectivity index (χ1) is 9.49. The zero-order chi connectivity index (χ0) is 14.7. The molecule has 5 heteroatoms. The molecule has 0 saturated carbocycles. The molecule has 4 nitrogen and oxygen atoms in total. The third-order valence-corrected chi connectivity index (χ3v) is 3.60. The van der Waals surface area contributed by atoms with E-state index in [1.165, 1.54) is 0 Å². The maximum atomic E-state index is 9.30. The lowest BCUT2D eigenvalue weighted by Crippen LogP contribution is -2.38. The third kappa shape index (κ3) is 3.00. The fourth-order valence-corrected chi connectivity index (χ4v) is 2.01. The van der Waals surface area contributed by atoms with Crippen LogP contribution in [0.5, 0.6) is 11.5 Å². The Kier molecular flexibility index (Phi) is 4.10. The first kappa shape index (κ1) is 14.1. The molecule has 0 aliphatic heterocycles. The second-order valence-electron chi connectivity index (χ2n) is 4.43. The number of rotatable bonds is 2. The molecular weight excluding hydrogens is 272 g/mol. The SMILES string of the molecule is CN(C(=S)N(C)c1ccc(O)cc1)c1ccc(O)cc1. The molecule has 0 bridgehead atoms. The number of benzene rings is 2. The molecule has 0 saturated heterocycles. The van der Waals surface area contributed by atoms with Gasteiger partial charge in [0.1, 0.15) is 11.5 Å². The van der Waals surface area contributed by atoms with Crippen LogP contribution in [0, 0.1) is 0 Å². The molecule has 0 fully saturated rings. The van der Waals surface area contributed by atoms with Gasteiger partial charge in [-0.25, -0.2) is 0 Å². The summed E-state index contributed by atoms with van der Waals surface area (Å²) in [6.07, 6.45) is 0. The largest absolute Gasteiger partial charge is 0.508 e. The van der Waals surface area contributed by atoms with Crippen molar-refractivity contribution < 1.29 is 10.2 Å². The van der Waals surface area contributed by atoms with E-state index in [1.54, 1.807) is 48.5 Å². The minimum absolute atomic E-state index is 0.222. The Bertz CT molecular complexity index is 543. The van der Waals surface area contributed by atoms with Crippen molar-refractivity contribution in [2.24, 2.45) is 0 Å². The van der Waals surface area contributed by atoms with Crippen LogP contribution in [0.2, 0.25) is 0 Å². The molecule has 2 rings (SSSR count). The molecule has 0 amide bonds. The highest BCUT2D eigenvalue weighted by atomic mass is 32.1. The number of thiocarbonyl (C=S) groups is 1. The average Bonchev–Trinajstić information content (AvgIpc) is 2.46. The number of anilines is 2. The topological polar surface area (TPSA) is 46.9 Å². The molecule has 0 aliphatic rings. The molecule has 2 aromatic carbocycles. The molecule has 104 valence electrons. The normalized spacial score (nSPS) is 10.1. The minimum atomic E-state index is 0.222. The first-order valence-corrected chi connectivity index (χ1v) is 6.49. The lowest BCUT2D eigenvalue weighted by Gasteiger charge is -2.28. The first-order valence-electron chi connectivity index (χ1n) is 6.08. The highest BCUT2D eigenvalue weighted by Gasteiger charge is 2.13. The Hall–Kier alpha value is -2.27. The maximum Gasteiger partial charge on any atom is 0.180 e. The van der Waals surface area contributed by atoms with E-state index < -0.39 is 0 Å². The summed E-state index contributed by atoms with van der Waals surface area (Å²) in [7, 11) is 3.73. The summed E-state index contributed by atoms with van der Waals surface area (Å²) < 4.78 is 0. The van der Waals surface area contributed by atoms with Gasteiger partial charge in [-0.2, -0.15) is 0 Å². The maximum absolute atomic E-state index is 9.30. The van der Waals surface area contributed by atoms with Crippen molar-refractivity contribution >= 4 is 28.7 Å². The molecular formula is C15H16N2O2S. The number of phenols is 2. The van der Waals surface area contributed by atoms with Crippen LogP contribution >= 0.6 is 12.2 Å². The Labute approximate surface area is 123 Å². The van der Waals surface area contributed by atoms with Crippen LogP contribution < -0.4 is 9.80 Å². The molecule has 2 aromatic rings. The monoisotopic (exact) mass is 288 g/mol. The summed E-state index contributed by atoms with van der Waals surface area (Å²) in [5, 5.41) is 19.2. The van der Waals surface area contributed by atoms with Crippen molar-refractivity contribution in [3.05, 3.63) is 48.5 Å². The van der Waals surface area contributed by atoms with Crippen molar-refractivity contribution in [2.75, 3.05) is 23.9 Å². The van der Waals surface area contributed by atoms with Gasteiger partial charge in [0.25, 0.3) is 0 Å². The van der Waals surface area contributed by atoms with Crippen LogP contribution in [0.25, 0.3) is 0 Å². The van der Waals surface area contributed by atoms with Crippen LogP contribution in [-0.4, -0.2) is 29.4 Å². The lowest BCUT2D eigenvalue weighted by atomic mass is 10.2. The van der Waals surface area contributed by atoms with Crippen molar-refractivity contribution in [1.82, 2.24) is 0 Å². The van der Waals surface area contributed by atoms with E-state index in [2.05, 4.69) is 0 Å². The van der Waals surface area contributed by atoms with Gasteiger partial charge in [0, 0.05) is 25.5 Å². The molecule has 0 atom stereocenters. The minimum Gasteiger partial charge on any atom is -0.508 e. The molecule has 0 spiro atoms. The average molecular weight is 288 g/mol. The van der Waals surface area contributed by atoms with Crippen LogP contribution in [0.15, 0.2) is 48.5 Å². The summed E-state index contributed by atoms with van der Waals surface area (Å²) in [5.41, 5.74) is 1.77. The second kappa shape index (κ2) is 5.79. The highest BCUT2D eigenvalue weighted by molar-refractivity contribution is 7.80. The lowest BCUT2D eigenvalue weighted by molar-refractivity contribution is 0.475. The zero-order valence-corrected chi connectivity index (χ0v) is 12.1. The quantitative estimate of drug-likeness (QED) is 0.832. The number of aromatic hydroxyl groups is 2. The highest BCUT2D eigenvalue weighted by Crippen LogP contribution is 2.22. The summed E-state index contributed by atoms with van der Waals surface area (Å²) in [4.78, 5) is 3.70. The molecule has 2 N–H and O–H groups in total. The Balaban J connectivity index is 2.17. The predicted octanol–water partition coefficient (Wildman–Crippen LogP) is 2.96. The van der Waals surface area contributed by atoms with Crippen LogP contribution in [-0.2, 0) is 0 Å². The van der Waals surface area contributed by atoms with Crippen LogP contribution in [0.4, 0.5) is 11.4 Å². The van der Waals surface area contributed by atoms with Gasteiger partial charge in [0.05, 0.1) is 0 Å². The summed E-state index contributed by atoms with van der Waals surface area (Å²) in [6.45, 7) is 0. The Morgan fingerprint density at radius 1 is 0.750 bits per heavy atom. The van der Waals surface area contributed by atoms with Crippen molar-refractivity contribution in [3.63, 3.8) is 0 Å². The summed E-state index contributed by atoms with van der Waals surface area (Å²) in [6, 6.07) is 13.7. The van der Waals surface area contributed by atoms with Gasteiger partial charge in [-0.3, -0.25) is 0 Å². The predicted molar refractivity (Wildman–Crippen MR) is 85.6 cm³/mol. The fraction of sp³-hybridized carbons (Fsp3) is 0.133. The standard InChI is InChI=1S/C15H16N2O2S/c1-16(11-3-7-13(18)8-4-11)15(20)17(2)12-5-9-14(19)10-6-12/h3-10,18-19H,1-2H3. The van der Waals surface area contributed by atoms with E-state index in [4.69, 9.17) is 12.2 Å². The molecule has 0 heterocycles. The Morgan fingerprint density at radius 3 is 1.35 bits per heavy atom. The van der Waals surface area contributed by atoms with E-state index in [9.17, 15) is 10.2 Å².